The first kappa shape index (κ1) is 26.9. The molecular weight excluding hydrogens is 515 g/mol. The van der Waals surface area contributed by atoms with Crippen molar-refractivity contribution in [2.45, 2.75) is 12.6 Å². The van der Waals surface area contributed by atoms with Crippen molar-refractivity contribution in [2.24, 2.45) is 0 Å². The summed E-state index contributed by atoms with van der Waals surface area (Å²) in [6.45, 7) is 2.85. The maximum Gasteiger partial charge on any atom is 0.257 e. The van der Waals surface area contributed by atoms with Gasteiger partial charge in [0, 0.05) is 42.4 Å². The molecule has 1 aliphatic rings. The number of likely N-dealkylation sites (N-methyl/N-ethyl adjacent to an activating group) is 1. The van der Waals surface area contributed by atoms with Crippen molar-refractivity contribution in [3.8, 4) is 11.6 Å². The van der Waals surface area contributed by atoms with Gasteiger partial charge in [-0.3, -0.25) is 9.59 Å². The molecule has 1 N–H and O–H groups in total. The number of hydrogen-bond donors (Lipinski definition) is 1. The first-order valence-corrected chi connectivity index (χ1v) is 12.6. The fourth-order valence-electron chi connectivity index (χ4n) is 3.82. The Kier molecular flexibility index (Phi) is 9.35. The van der Waals surface area contributed by atoms with Gasteiger partial charge in [0.25, 0.3) is 5.91 Å². The lowest BCUT2D eigenvalue weighted by Gasteiger charge is -2.34. The average Bonchev–Trinajstić information content (AvgIpc) is 2.91. The van der Waals surface area contributed by atoms with E-state index in [0.29, 0.717) is 28.9 Å². The number of pyridine rings is 1. The highest BCUT2D eigenvalue weighted by Crippen LogP contribution is 2.24. The second kappa shape index (κ2) is 12.9. The Hall–Kier alpha value is -3.17. The van der Waals surface area contributed by atoms with Gasteiger partial charge in [0.05, 0.1) is 13.2 Å². The van der Waals surface area contributed by atoms with E-state index in [9.17, 15) is 9.59 Å². The number of carbonyl (C=O) groups excluding carboxylic acids is 2. The number of halogens is 2. The third kappa shape index (κ3) is 7.42. The van der Waals surface area contributed by atoms with Gasteiger partial charge in [-0.2, -0.15) is 0 Å². The molecule has 0 radical (unpaired) electrons. The highest BCUT2D eigenvalue weighted by Gasteiger charge is 2.29. The van der Waals surface area contributed by atoms with Crippen LogP contribution in [0, 0.1) is 0 Å². The third-order valence-corrected chi connectivity index (χ3v) is 6.58. The quantitative estimate of drug-likeness (QED) is 0.434. The first-order chi connectivity index (χ1) is 17.9. The summed E-state index contributed by atoms with van der Waals surface area (Å²) < 4.78 is 11.7. The molecule has 37 heavy (non-hydrogen) atoms. The minimum Gasteiger partial charge on any atom is -0.438 e. The lowest BCUT2D eigenvalue weighted by molar-refractivity contribution is -0.136. The molecule has 10 heteroatoms. The molecule has 194 valence electrons. The van der Waals surface area contributed by atoms with Gasteiger partial charge in [0.1, 0.15) is 17.4 Å². The molecule has 2 aromatic carbocycles. The number of rotatable bonds is 9. The summed E-state index contributed by atoms with van der Waals surface area (Å²) in [5, 5.41) is 3.97. The second-order valence-corrected chi connectivity index (χ2v) is 9.52. The van der Waals surface area contributed by atoms with Crippen LogP contribution >= 0.6 is 23.2 Å². The number of hydrogen-bond acceptors (Lipinski definition) is 6. The Morgan fingerprint density at radius 2 is 1.73 bits per heavy atom. The van der Waals surface area contributed by atoms with Crippen molar-refractivity contribution in [2.75, 3.05) is 39.8 Å². The molecule has 4 rings (SSSR count). The molecule has 2 heterocycles. The number of benzene rings is 2. The number of piperazine rings is 1. The Bertz CT molecular complexity index is 1220. The lowest BCUT2D eigenvalue weighted by atomic mass is 10.2. The zero-order valence-corrected chi connectivity index (χ0v) is 21.9. The molecule has 8 nitrogen and oxygen atoms in total. The van der Waals surface area contributed by atoms with Crippen LogP contribution in [-0.2, 0) is 16.1 Å². The first-order valence-electron chi connectivity index (χ1n) is 11.9. The number of ether oxygens (including phenoxy) is 2. The van der Waals surface area contributed by atoms with E-state index >= 15 is 0 Å². The van der Waals surface area contributed by atoms with Crippen LogP contribution in [-0.4, -0.2) is 72.5 Å². The van der Waals surface area contributed by atoms with E-state index in [-0.39, 0.29) is 30.6 Å². The number of nitrogens with zero attached hydrogens (tertiary/aromatic N) is 3. The van der Waals surface area contributed by atoms with Crippen molar-refractivity contribution in [3.63, 3.8) is 0 Å². The van der Waals surface area contributed by atoms with Gasteiger partial charge in [0.2, 0.25) is 11.8 Å². The Morgan fingerprint density at radius 1 is 1.00 bits per heavy atom. The van der Waals surface area contributed by atoms with Crippen LogP contribution in [0.15, 0.2) is 66.9 Å². The summed E-state index contributed by atoms with van der Waals surface area (Å²) in [5.74, 6) is -0.106. The molecule has 0 unspecified atom stereocenters. The van der Waals surface area contributed by atoms with Crippen LogP contribution < -0.4 is 10.1 Å². The van der Waals surface area contributed by atoms with Crippen LogP contribution in [0.4, 0.5) is 0 Å². The predicted molar refractivity (Wildman–Crippen MR) is 142 cm³/mol. The topological polar surface area (TPSA) is 84.0 Å². The van der Waals surface area contributed by atoms with E-state index < -0.39 is 11.9 Å². The smallest absolute Gasteiger partial charge is 0.257 e. The van der Waals surface area contributed by atoms with E-state index in [4.69, 9.17) is 32.7 Å². The summed E-state index contributed by atoms with van der Waals surface area (Å²) in [4.78, 5) is 34.9. The molecule has 0 bridgehead atoms. The van der Waals surface area contributed by atoms with Gasteiger partial charge in [-0.1, -0.05) is 41.4 Å². The number of amides is 2. The lowest BCUT2D eigenvalue weighted by Crippen LogP contribution is -2.55. The monoisotopic (exact) mass is 542 g/mol. The highest BCUT2D eigenvalue weighted by atomic mass is 35.5. The summed E-state index contributed by atoms with van der Waals surface area (Å²) in [6, 6.07) is 16.4. The van der Waals surface area contributed by atoms with Crippen LogP contribution in [0.2, 0.25) is 10.0 Å². The van der Waals surface area contributed by atoms with Crippen LogP contribution in [0.5, 0.6) is 11.6 Å². The maximum atomic E-state index is 13.4. The maximum absolute atomic E-state index is 13.4. The van der Waals surface area contributed by atoms with Crippen molar-refractivity contribution in [3.05, 3.63) is 88.0 Å². The van der Waals surface area contributed by atoms with E-state index in [1.54, 1.807) is 47.4 Å². The fourth-order valence-corrected chi connectivity index (χ4v) is 4.14. The molecule has 1 saturated heterocycles. The molecule has 1 atom stereocenters. The van der Waals surface area contributed by atoms with Gasteiger partial charge in [0.15, 0.2) is 0 Å². The normalized spacial score (nSPS) is 14.7. The molecule has 0 aliphatic carbocycles. The molecular formula is C27H28Cl2N4O4. The largest absolute Gasteiger partial charge is 0.438 e. The fraction of sp³-hybridized carbons (Fsp3) is 0.296. The summed E-state index contributed by atoms with van der Waals surface area (Å²) in [7, 11) is 2.01. The van der Waals surface area contributed by atoms with E-state index in [1.807, 2.05) is 25.2 Å². The van der Waals surface area contributed by atoms with Gasteiger partial charge in [-0.25, -0.2) is 4.98 Å². The molecule has 1 aliphatic heterocycles. The van der Waals surface area contributed by atoms with E-state index in [2.05, 4.69) is 15.2 Å². The van der Waals surface area contributed by atoms with Crippen LogP contribution in [0.25, 0.3) is 0 Å². The molecule has 0 saturated carbocycles. The van der Waals surface area contributed by atoms with Gasteiger partial charge in [-0.15, -0.1) is 0 Å². The minimum absolute atomic E-state index is 0.0181. The van der Waals surface area contributed by atoms with Gasteiger partial charge < -0.3 is 24.6 Å². The van der Waals surface area contributed by atoms with E-state index in [1.165, 1.54) is 6.20 Å². The Morgan fingerprint density at radius 3 is 2.46 bits per heavy atom. The van der Waals surface area contributed by atoms with Gasteiger partial charge in [-0.05, 0) is 55.1 Å². The van der Waals surface area contributed by atoms with Crippen molar-refractivity contribution in [1.29, 1.82) is 0 Å². The van der Waals surface area contributed by atoms with Crippen LogP contribution in [0.3, 0.4) is 0 Å². The third-order valence-electron chi connectivity index (χ3n) is 5.96. The zero-order valence-electron chi connectivity index (χ0n) is 20.4. The molecule has 2 amide bonds. The molecule has 1 aromatic heterocycles. The summed E-state index contributed by atoms with van der Waals surface area (Å²) in [6.07, 6.45) is 1.53. The SMILES string of the molecule is CN1CCN(C(=O)[C@@H](COCc2ccccc2Cl)NC(=O)c2cccnc2Oc2ccc(Cl)cc2)CC1. The molecule has 0 spiro atoms. The minimum atomic E-state index is -0.901. The van der Waals surface area contributed by atoms with Crippen molar-refractivity contribution >= 4 is 35.0 Å². The standard InChI is InChI=1S/C27H28Cl2N4O4/c1-32-13-15-33(16-14-32)27(35)24(18-36-17-19-5-2-3-7-23(19)29)31-25(34)22-6-4-12-30-26(22)37-21-10-8-20(28)9-11-21/h2-12,24H,13-18H2,1H3,(H,31,34)/t24-/m1/s1. The van der Waals surface area contributed by atoms with Crippen molar-refractivity contribution in [1.82, 2.24) is 20.1 Å². The van der Waals surface area contributed by atoms with Crippen molar-refractivity contribution < 1.29 is 19.1 Å². The number of nitrogens with one attached hydrogen (secondary N) is 1. The molecule has 3 aromatic rings. The van der Waals surface area contributed by atoms with Crippen LogP contribution in [0.1, 0.15) is 15.9 Å². The number of carbonyl (C=O) groups is 2. The second-order valence-electron chi connectivity index (χ2n) is 8.67. The summed E-state index contributed by atoms with van der Waals surface area (Å²) >= 11 is 12.2. The Balaban J connectivity index is 1.49. The van der Waals surface area contributed by atoms with Gasteiger partial charge >= 0.3 is 0 Å². The zero-order chi connectivity index (χ0) is 26.2. The molecule has 1 fully saturated rings. The summed E-state index contributed by atoms with van der Waals surface area (Å²) in [5.41, 5.74) is 0.993. The average molecular weight is 543 g/mol. The highest BCUT2D eigenvalue weighted by molar-refractivity contribution is 6.31. The number of aromatic nitrogens is 1. The predicted octanol–water partition coefficient (Wildman–Crippen LogP) is 4.27. The Labute approximate surface area is 226 Å². The van der Waals surface area contributed by atoms with E-state index in [0.717, 1.165) is 18.7 Å².